The van der Waals surface area contributed by atoms with Crippen LogP contribution in [0.2, 0.25) is 5.02 Å². The Balaban J connectivity index is 1.74. The van der Waals surface area contributed by atoms with Gasteiger partial charge in [0.05, 0.1) is 0 Å². The van der Waals surface area contributed by atoms with Gasteiger partial charge in [-0.25, -0.2) is 0 Å². The maximum absolute atomic E-state index is 11.9. The highest BCUT2D eigenvalue weighted by Gasteiger charge is 2.04. The molecule has 2 aromatic rings. The van der Waals surface area contributed by atoms with Crippen LogP contribution >= 0.6 is 11.6 Å². The van der Waals surface area contributed by atoms with Crippen LogP contribution in [0.3, 0.4) is 0 Å². The average Bonchev–Trinajstić information content (AvgIpc) is 2.52. The molecule has 0 aliphatic heterocycles. The summed E-state index contributed by atoms with van der Waals surface area (Å²) >= 11 is 5.81. The first kappa shape index (κ1) is 16.4. The molecule has 2 rings (SSSR count). The summed E-state index contributed by atoms with van der Waals surface area (Å²) in [6.07, 6.45) is 1.87. The standard InChI is InChI=1S/C18H21ClN2O/c1-21(2)17-11-5-14(6-12-17)4-3-13-20-18(22)15-7-9-16(19)10-8-15/h5-12H,3-4,13H2,1-2H3,(H,20,22). The summed E-state index contributed by atoms with van der Waals surface area (Å²) < 4.78 is 0. The summed E-state index contributed by atoms with van der Waals surface area (Å²) in [6, 6.07) is 15.4. The third-order valence-electron chi connectivity index (χ3n) is 3.49. The highest BCUT2D eigenvalue weighted by molar-refractivity contribution is 6.30. The molecule has 0 atom stereocenters. The molecule has 0 unspecified atom stereocenters. The second-order valence-electron chi connectivity index (χ2n) is 5.43. The molecular formula is C18H21ClN2O. The van der Waals surface area contributed by atoms with Gasteiger partial charge >= 0.3 is 0 Å². The minimum atomic E-state index is -0.0559. The minimum absolute atomic E-state index is 0.0559. The fraction of sp³-hybridized carbons (Fsp3) is 0.278. The molecule has 1 amide bonds. The molecule has 116 valence electrons. The summed E-state index contributed by atoms with van der Waals surface area (Å²) in [5, 5.41) is 3.56. The molecule has 0 saturated carbocycles. The number of anilines is 1. The van der Waals surface area contributed by atoms with Crippen molar-refractivity contribution in [2.24, 2.45) is 0 Å². The number of amides is 1. The molecule has 0 bridgehead atoms. The largest absolute Gasteiger partial charge is 0.378 e. The van der Waals surface area contributed by atoms with Crippen molar-refractivity contribution in [3.8, 4) is 0 Å². The van der Waals surface area contributed by atoms with Crippen LogP contribution in [0.4, 0.5) is 5.69 Å². The number of carbonyl (C=O) groups excluding carboxylic acids is 1. The summed E-state index contributed by atoms with van der Waals surface area (Å²) in [4.78, 5) is 14.0. The van der Waals surface area contributed by atoms with Crippen LogP contribution in [0.25, 0.3) is 0 Å². The van der Waals surface area contributed by atoms with E-state index in [0.29, 0.717) is 17.1 Å². The summed E-state index contributed by atoms with van der Waals surface area (Å²) in [5.74, 6) is -0.0559. The van der Waals surface area contributed by atoms with E-state index in [0.717, 1.165) is 12.8 Å². The molecule has 0 heterocycles. The van der Waals surface area contributed by atoms with Crippen LogP contribution in [-0.4, -0.2) is 26.5 Å². The number of aryl methyl sites for hydroxylation is 1. The SMILES string of the molecule is CN(C)c1ccc(CCCNC(=O)c2ccc(Cl)cc2)cc1. The van der Waals surface area contributed by atoms with Crippen molar-refractivity contribution in [3.05, 3.63) is 64.7 Å². The smallest absolute Gasteiger partial charge is 0.251 e. The fourth-order valence-electron chi connectivity index (χ4n) is 2.16. The van der Waals surface area contributed by atoms with E-state index in [9.17, 15) is 4.79 Å². The maximum Gasteiger partial charge on any atom is 0.251 e. The van der Waals surface area contributed by atoms with Crippen LogP contribution in [0.15, 0.2) is 48.5 Å². The van der Waals surface area contributed by atoms with E-state index in [1.54, 1.807) is 24.3 Å². The van der Waals surface area contributed by atoms with E-state index in [2.05, 4.69) is 34.5 Å². The lowest BCUT2D eigenvalue weighted by atomic mass is 10.1. The Morgan fingerprint density at radius 3 is 2.27 bits per heavy atom. The molecule has 0 fully saturated rings. The van der Waals surface area contributed by atoms with Crippen LogP contribution in [0.5, 0.6) is 0 Å². The number of nitrogens with one attached hydrogen (secondary N) is 1. The van der Waals surface area contributed by atoms with Gasteiger partial charge in [0.2, 0.25) is 0 Å². The first-order valence-corrected chi connectivity index (χ1v) is 7.74. The fourth-order valence-corrected chi connectivity index (χ4v) is 2.28. The van der Waals surface area contributed by atoms with Crippen molar-refractivity contribution in [2.75, 3.05) is 25.5 Å². The Labute approximate surface area is 136 Å². The van der Waals surface area contributed by atoms with Gasteiger partial charge in [-0.05, 0) is 54.8 Å². The lowest BCUT2D eigenvalue weighted by molar-refractivity contribution is 0.0953. The zero-order valence-electron chi connectivity index (χ0n) is 13.0. The molecule has 0 aliphatic carbocycles. The number of hydrogen-bond donors (Lipinski definition) is 1. The molecule has 0 radical (unpaired) electrons. The Kier molecular flexibility index (Phi) is 5.84. The molecule has 3 nitrogen and oxygen atoms in total. The quantitative estimate of drug-likeness (QED) is 0.823. The first-order chi connectivity index (χ1) is 10.6. The maximum atomic E-state index is 11.9. The first-order valence-electron chi connectivity index (χ1n) is 7.36. The van der Waals surface area contributed by atoms with Gasteiger partial charge in [0.25, 0.3) is 5.91 Å². The highest BCUT2D eigenvalue weighted by Crippen LogP contribution is 2.13. The zero-order valence-corrected chi connectivity index (χ0v) is 13.7. The van der Waals surface area contributed by atoms with E-state index >= 15 is 0 Å². The lowest BCUT2D eigenvalue weighted by Gasteiger charge is -2.12. The van der Waals surface area contributed by atoms with Gasteiger partial charge in [0.1, 0.15) is 0 Å². The van der Waals surface area contributed by atoms with E-state index in [-0.39, 0.29) is 5.91 Å². The van der Waals surface area contributed by atoms with E-state index in [1.807, 2.05) is 14.1 Å². The van der Waals surface area contributed by atoms with Gasteiger partial charge in [-0.3, -0.25) is 4.79 Å². The molecule has 1 N–H and O–H groups in total. The second-order valence-corrected chi connectivity index (χ2v) is 5.86. The molecule has 0 spiro atoms. The molecule has 0 aliphatic rings. The van der Waals surface area contributed by atoms with Crippen molar-refractivity contribution in [1.29, 1.82) is 0 Å². The number of hydrogen-bond acceptors (Lipinski definition) is 2. The molecule has 0 saturated heterocycles. The van der Waals surface area contributed by atoms with E-state index in [4.69, 9.17) is 11.6 Å². The molecule has 4 heteroatoms. The number of nitrogens with zero attached hydrogens (tertiary/aromatic N) is 1. The summed E-state index contributed by atoms with van der Waals surface area (Å²) in [5.41, 5.74) is 3.12. The lowest BCUT2D eigenvalue weighted by Crippen LogP contribution is -2.24. The topological polar surface area (TPSA) is 32.3 Å². The third kappa shape index (κ3) is 4.78. The Bertz CT molecular complexity index is 606. The van der Waals surface area contributed by atoms with Crippen molar-refractivity contribution in [1.82, 2.24) is 5.32 Å². The Morgan fingerprint density at radius 2 is 1.68 bits per heavy atom. The van der Waals surface area contributed by atoms with Gasteiger partial charge in [-0.2, -0.15) is 0 Å². The predicted octanol–water partition coefficient (Wildman–Crippen LogP) is 3.77. The van der Waals surface area contributed by atoms with Gasteiger partial charge in [0, 0.05) is 36.9 Å². The van der Waals surface area contributed by atoms with Gasteiger partial charge in [0.15, 0.2) is 0 Å². The second kappa shape index (κ2) is 7.85. The van der Waals surface area contributed by atoms with Crippen molar-refractivity contribution in [2.45, 2.75) is 12.8 Å². The van der Waals surface area contributed by atoms with Crippen LogP contribution in [0.1, 0.15) is 22.3 Å². The molecule has 22 heavy (non-hydrogen) atoms. The summed E-state index contributed by atoms with van der Waals surface area (Å²) in [6.45, 7) is 0.664. The Morgan fingerprint density at radius 1 is 1.05 bits per heavy atom. The Hall–Kier alpha value is -2.00. The third-order valence-corrected chi connectivity index (χ3v) is 3.74. The van der Waals surface area contributed by atoms with Crippen molar-refractivity contribution < 1.29 is 4.79 Å². The molecule has 2 aromatic carbocycles. The normalized spacial score (nSPS) is 10.3. The van der Waals surface area contributed by atoms with Crippen molar-refractivity contribution >= 4 is 23.2 Å². The van der Waals surface area contributed by atoms with Crippen LogP contribution in [0, 0.1) is 0 Å². The van der Waals surface area contributed by atoms with Gasteiger partial charge in [-0.1, -0.05) is 23.7 Å². The zero-order chi connectivity index (χ0) is 15.9. The molecule has 0 aromatic heterocycles. The monoisotopic (exact) mass is 316 g/mol. The predicted molar refractivity (Wildman–Crippen MR) is 92.9 cm³/mol. The van der Waals surface area contributed by atoms with Crippen molar-refractivity contribution in [3.63, 3.8) is 0 Å². The average molecular weight is 317 g/mol. The van der Waals surface area contributed by atoms with E-state index in [1.165, 1.54) is 11.3 Å². The number of benzene rings is 2. The van der Waals surface area contributed by atoms with Crippen LogP contribution < -0.4 is 10.2 Å². The van der Waals surface area contributed by atoms with Gasteiger partial charge in [-0.15, -0.1) is 0 Å². The number of halogens is 1. The number of rotatable bonds is 6. The van der Waals surface area contributed by atoms with E-state index < -0.39 is 0 Å². The van der Waals surface area contributed by atoms with Crippen LogP contribution in [-0.2, 0) is 6.42 Å². The number of carbonyl (C=O) groups is 1. The molecular weight excluding hydrogens is 296 g/mol. The summed E-state index contributed by atoms with van der Waals surface area (Å²) in [7, 11) is 4.06. The minimum Gasteiger partial charge on any atom is -0.378 e. The highest BCUT2D eigenvalue weighted by atomic mass is 35.5. The van der Waals surface area contributed by atoms with Gasteiger partial charge < -0.3 is 10.2 Å².